The van der Waals surface area contributed by atoms with Gasteiger partial charge in [0, 0.05) is 13.0 Å². The van der Waals surface area contributed by atoms with Crippen molar-refractivity contribution in [3.63, 3.8) is 0 Å². The van der Waals surface area contributed by atoms with Crippen molar-refractivity contribution in [2.45, 2.75) is 21.6 Å². The van der Waals surface area contributed by atoms with Crippen LogP contribution in [0.3, 0.4) is 0 Å². The molecule has 0 bridgehead atoms. The third-order valence-corrected chi connectivity index (χ3v) is 7.17. The highest BCUT2D eigenvalue weighted by Crippen LogP contribution is 2.56. The molecule has 1 aliphatic carbocycles. The summed E-state index contributed by atoms with van der Waals surface area (Å²) in [7, 11) is -2.06. The highest BCUT2D eigenvalue weighted by Gasteiger charge is 2.69. The SMILES string of the molecule is COC[C@@]1(N)[C@H](S(=O)(=O)c2ccccc2)[C@@H]1c1ccc2c(c1)OCO2. The number of nitrogens with two attached hydrogens (primary N) is 1. The molecule has 3 atom stereocenters. The van der Waals surface area contributed by atoms with E-state index in [1.165, 1.54) is 7.11 Å². The van der Waals surface area contributed by atoms with Gasteiger partial charge >= 0.3 is 0 Å². The third-order valence-electron chi connectivity index (χ3n) is 4.86. The van der Waals surface area contributed by atoms with Crippen LogP contribution in [0.25, 0.3) is 0 Å². The van der Waals surface area contributed by atoms with Gasteiger partial charge in [-0.3, -0.25) is 0 Å². The number of benzene rings is 2. The van der Waals surface area contributed by atoms with Crippen molar-refractivity contribution in [3.8, 4) is 11.5 Å². The Bertz CT molecular complexity index is 899. The first kappa shape index (κ1) is 16.4. The van der Waals surface area contributed by atoms with Gasteiger partial charge in [0.25, 0.3) is 0 Å². The molecule has 2 aliphatic rings. The molecule has 4 rings (SSSR count). The van der Waals surface area contributed by atoms with Crippen molar-refractivity contribution < 1.29 is 22.6 Å². The molecule has 6 nitrogen and oxygen atoms in total. The molecular formula is C18H19NO5S. The quantitative estimate of drug-likeness (QED) is 0.872. The van der Waals surface area contributed by atoms with Crippen molar-refractivity contribution >= 4 is 9.84 Å². The summed E-state index contributed by atoms with van der Waals surface area (Å²) in [4.78, 5) is 0.272. The van der Waals surface area contributed by atoms with Gasteiger partial charge in [0.15, 0.2) is 21.3 Å². The molecule has 25 heavy (non-hydrogen) atoms. The maximum Gasteiger partial charge on any atom is 0.231 e. The first-order valence-electron chi connectivity index (χ1n) is 7.95. The van der Waals surface area contributed by atoms with Gasteiger partial charge in [0.1, 0.15) is 0 Å². The lowest BCUT2D eigenvalue weighted by atomic mass is 10.1. The van der Waals surface area contributed by atoms with Crippen LogP contribution in [0.2, 0.25) is 0 Å². The van der Waals surface area contributed by atoms with E-state index in [0.29, 0.717) is 11.5 Å². The minimum absolute atomic E-state index is 0.156. The van der Waals surface area contributed by atoms with E-state index >= 15 is 0 Å². The summed E-state index contributed by atoms with van der Waals surface area (Å²) in [6.07, 6.45) is 0. The lowest BCUT2D eigenvalue weighted by Crippen LogP contribution is -2.35. The molecule has 7 heteroatoms. The Morgan fingerprint density at radius 3 is 2.60 bits per heavy atom. The van der Waals surface area contributed by atoms with Crippen molar-refractivity contribution in [1.29, 1.82) is 0 Å². The highest BCUT2D eigenvalue weighted by molar-refractivity contribution is 7.92. The molecule has 1 saturated carbocycles. The first-order chi connectivity index (χ1) is 12.0. The van der Waals surface area contributed by atoms with Crippen LogP contribution < -0.4 is 15.2 Å². The molecule has 1 heterocycles. The summed E-state index contributed by atoms with van der Waals surface area (Å²) in [5.41, 5.74) is 6.31. The fraction of sp³-hybridized carbons (Fsp3) is 0.333. The molecule has 0 radical (unpaired) electrons. The molecule has 0 amide bonds. The van der Waals surface area contributed by atoms with E-state index in [1.54, 1.807) is 36.4 Å². The standard InChI is InChI=1S/C18H19NO5S/c1-22-10-18(19)16(12-7-8-14-15(9-12)24-11-23-14)17(18)25(20,21)13-5-3-2-4-6-13/h2-9,16-17H,10-11,19H2,1H3/t16-,17+,18-/m0/s1. The van der Waals surface area contributed by atoms with Crippen molar-refractivity contribution in [1.82, 2.24) is 0 Å². The fourth-order valence-electron chi connectivity index (χ4n) is 3.66. The van der Waals surface area contributed by atoms with Crippen LogP contribution in [0.5, 0.6) is 11.5 Å². The molecule has 0 spiro atoms. The average Bonchev–Trinajstić information content (AvgIpc) is 2.99. The number of fused-ring (bicyclic) bond motifs is 1. The monoisotopic (exact) mass is 361 g/mol. The normalized spacial score (nSPS) is 27.3. The third kappa shape index (κ3) is 2.50. The lowest BCUT2D eigenvalue weighted by Gasteiger charge is -2.11. The van der Waals surface area contributed by atoms with Crippen LogP contribution in [-0.4, -0.2) is 39.7 Å². The topological polar surface area (TPSA) is 87.9 Å². The zero-order chi connectivity index (χ0) is 17.7. The number of hydrogen-bond donors (Lipinski definition) is 1. The smallest absolute Gasteiger partial charge is 0.231 e. The maximum absolute atomic E-state index is 13.1. The Kier molecular flexibility index (Phi) is 3.75. The van der Waals surface area contributed by atoms with Gasteiger partial charge in [-0.05, 0) is 29.8 Å². The second-order valence-electron chi connectivity index (χ2n) is 6.41. The molecule has 132 valence electrons. The number of rotatable bonds is 5. The zero-order valence-corrected chi connectivity index (χ0v) is 14.5. The highest BCUT2D eigenvalue weighted by atomic mass is 32.2. The number of methoxy groups -OCH3 is 1. The molecule has 0 unspecified atom stereocenters. The van der Waals surface area contributed by atoms with Gasteiger partial charge in [0.2, 0.25) is 6.79 Å². The van der Waals surface area contributed by atoms with Gasteiger partial charge in [-0.2, -0.15) is 0 Å². The molecule has 2 N–H and O–H groups in total. The summed E-state index contributed by atoms with van der Waals surface area (Å²) >= 11 is 0. The summed E-state index contributed by atoms with van der Waals surface area (Å²) in [6, 6.07) is 13.8. The van der Waals surface area contributed by atoms with Gasteiger partial charge in [-0.1, -0.05) is 24.3 Å². The van der Waals surface area contributed by atoms with E-state index in [4.69, 9.17) is 19.9 Å². The van der Waals surface area contributed by atoms with E-state index < -0.39 is 20.6 Å². The Labute approximate surface area is 146 Å². The molecule has 1 fully saturated rings. The molecule has 0 aromatic heterocycles. The van der Waals surface area contributed by atoms with Crippen LogP contribution >= 0.6 is 0 Å². The Hall–Kier alpha value is -2.09. The second-order valence-corrected chi connectivity index (χ2v) is 8.48. The minimum Gasteiger partial charge on any atom is -0.454 e. The first-order valence-corrected chi connectivity index (χ1v) is 9.49. The van der Waals surface area contributed by atoms with E-state index in [9.17, 15) is 8.42 Å². The summed E-state index contributed by atoms with van der Waals surface area (Å²) < 4.78 is 42.2. The summed E-state index contributed by atoms with van der Waals surface area (Å²) in [6.45, 7) is 0.323. The van der Waals surface area contributed by atoms with Crippen LogP contribution in [0, 0.1) is 0 Å². The predicted molar refractivity (Wildman–Crippen MR) is 91.5 cm³/mol. The van der Waals surface area contributed by atoms with E-state index in [0.717, 1.165) is 5.56 Å². The van der Waals surface area contributed by atoms with Crippen LogP contribution in [0.15, 0.2) is 53.4 Å². The lowest BCUT2D eigenvalue weighted by molar-refractivity contribution is 0.171. The van der Waals surface area contributed by atoms with E-state index in [2.05, 4.69) is 0 Å². The maximum atomic E-state index is 13.1. The van der Waals surface area contributed by atoms with Crippen molar-refractivity contribution in [2.75, 3.05) is 20.5 Å². The molecular weight excluding hydrogens is 342 g/mol. The largest absolute Gasteiger partial charge is 0.454 e. The molecule has 2 aromatic rings. The van der Waals surface area contributed by atoms with E-state index in [-0.39, 0.29) is 24.2 Å². The van der Waals surface area contributed by atoms with Crippen molar-refractivity contribution in [2.24, 2.45) is 5.73 Å². The minimum atomic E-state index is -3.58. The predicted octanol–water partition coefficient (Wildman–Crippen LogP) is 1.70. The van der Waals surface area contributed by atoms with Gasteiger partial charge in [0.05, 0.1) is 22.3 Å². The van der Waals surface area contributed by atoms with Gasteiger partial charge < -0.3 is 19.9 Å². The number of ether oxygens (including phenoxy) is 3. The Balaban J connectivity index is 1.74. The van der Waals surface area contributed by atoms with E-state index in [1.807, 2.05) is 12.1 Å². The zero-order valence-electron chi connectivity index (χ0n) is 13.7. The van der Waals surface area contributed by atoms with Crippen LogP contribution in [-0.2, 0) is 14.6 Å². The Morgan fingerprint density at radius 1 is 1.16 bits per heavy atom. The van der Waals surface area contributed by atoms with Gasteiger partial charge in [-0.15, -0.1) is 0 Å². The summed E-state index contributed by atoms with van der Waals surface area (Å²) in [5, 5.41) is -0.747. The average molecular weight is 361 g/mol. The molecule has 2 aromatic carbocycles. The number of hydrogen-bond acceptors (Lipinski definition) is 6. The van der Waals surface area contributed by atoms with Gasteiger partial charge in [-0.25, -0.2) is 8.42 Å². The summed E-state index contributed by atoms with van der Waals surface area (Å²) in [5.74, 6) is 0.897. The van der Waals surface area contributed by atoms with Crippen LogP contribution in [0.4, 0.5) is 0 Å². The second kappa shape index (κ2) is 5.72. The van der Waals surface area contributed by atoms with Crippen molar-refractivity contribution in [3.05, 3.63) is 54.1 Å². The Morgan fingerprint density at radius 2 is 1.88 bits per heavy atom. The fourth-order valence-corrected chi connectivity index (χ4v) is 5.97. The molecule has 0 saturated heterocycles. The number of sulfone groups is 1. The van der Waals surface area contributed by atoms with Crippen LogP contribution in [0.1, 0.15) is 11.5 Å². The molecule has 1 aliphatic heterocycles.